The highest BCUT2D eigenvalue weighted by molar-refractivity contribution is 5.92. The maximum Gasteiger partial charge on any atom is 0.226 e. The van der Waals surface area contributed by atoms with Gasteiger partial charge in [0.2, 0.25) is 5.91 Å². The minimum absolute atomic E-state index is 0.000318. The first-order valence-electron chi connectivity index (χ1n) is 9.15. The number of carbonyl (C=O) groups is 1. The normalized spacial score (nSPS) is 15.4. The minimum atomic E-state index is 0.000318. The van der Waals surface area contributed by atoms with Gasteiger partial charge in [-0.3, -0.25) is 4.79 Å². The van der Waals surface area contributed by atoms with Crippen molar-refractivity contribution in [3.05, 3.63) is 60.2 Å². The second-order valence-corrected chi connectivity index (χ2v) is 7.09. The number of benzene rings is 2. The van der Waals surface area contributed by atoms with E-state index in [1.165, 1.54) is 11.3 Å². The molecule has 132 valence electrons. The van der Waals surface area contributed by atoms with Gasteiger partial charge in [-0.1, -0.05) is 44.2 Å². The average molecular weight is 338 g/mol. The number of nitrogens with zero attached hydrogens (tertiary/aromatic N) is 1. The largest absolute Gasteiger partial charge is 0.360 e. The molecular weight excluding hydrogens is 310 g/mol. The molecule has 0 saturated carbocycles. The summed E-state index contributed by atoms with van der Waals surface area (Å²) in [5.41, 5.74) is 3.52. The Kier molecular flexibility index (Phi) is 5.71. The lowest BCUT2D eigenvalue weighted by Crippen LogP contribution is -3.13. The van der Waals surface area contributed by atoms with Gasteiger partial charge in [-0.15, -0.1) is 0 Å². The molecular formula is C21H28N3O+. The standard InChI is InChI=1S/C21H27N3O/c1-17(2)21(25)22-19-8-10-20(11-9-19)24-14-12-23(13-15-24)16-18-6-4-3-5-7-18/h3-11,17H,12-16H2,1-2H3,(H,22,25)/p+1. The van der Waals surface area contributed by atoms with Crippen LogP contribution in [0.15, 0.2) is 54.6 Å². The molecule has 1 aliphatic rings. The van der Waals surface area contributed by atoms with Gasteiger partial charge >= 0.3 is 0 Å². The fourth-order valence-electron chi connectivity index (χ4n) is 3.18. The molecule has 2 N–H and O–H groups in total. The zero-order valence-electron chi connectivity index (χ0n) is 15.2. The van der Waals surface area contributed by atoms with Crippen molar-refractivity contribution in [2.75, 3.05) is 36.4 Å². The van der Waals surface area contributed by atoms with Crippen LogP contribution in [0.4, 0.5) is 11.4 Å². The van der Waals surface area contributed by atoms with Crippen LogP contribution in [-0.2, 0) is 11.3 Å². The van der Waals surface area contributed by atoms with E-state index in [0.29, 0.717) is 0 Å². The third-order valence-corrected chi connectivity index (χ3v) is 4.79. The fraction of sp³-hybridized carbons (Fsp3) is 0.381. The van der Waals surface area contributed by atoms with Crippen molar-refractivity contribution in [3.8, 4) is 0 Å². The average Bonchev–Trinajstić information content (AvgIpc) is 2.64. The van der Waals surface area contributed by atoms with Gasteiger partial charge in [0.1, 0.15) is 6.54 Å². The predicted octanol–water partition coefficient (Wildman–Crippen LogP) is 2.19. The SMILES string of the molecule is CC(C)C(=O)Nc1ccc(N2CC[NH+](Cc3ccccc3)CC2)cc1. The molecule has 1 saturated heterocycles. The Morgan fingerprint density at radius 1 is 1.04 bits per heavy atom. The van der Waals surface area contributed by atoms with E-state index in [0.717, 1.165) is 38.4 Å². The minimum Gasteiger partial charge on any atom is -0.360 e. The highest BCUT2D eigenvalue weighted by Crippen LogP contribution is 2.18. The maximum atomic E-state index is 11.8. The van der Waals surface area contributed by atoms with Gasteiger partial charge in [-0.05, 0) is 24.3 Å². The Bertz CT molecular complexity index is 674. The molecule has 1 amide bonds. The summed E-state index contributed by atoms with van der Waals surface area (Å²) in [7, 11) is 0. The molecule has 1 fully saturated rings. The summed E-state index contributed by atoms with van der Waals surface area (Å²) < 4.78 is 0. The van der Waals surface area contributed by atoms with Crippen molar-refractivity contribution in [2.45, 2.75) is 20.4 Å². The molecule has 0 atom stereocenters. The Labute approximate surface area is 150 Å². The van der Waals surface area contributed by atoms with Crippen LogP contribution in [0.2, 0.25) is 0 Å². The van der Waals surface area contributed by atoms with Crippen molar-refractivity contribution < 1.29 is 9.69 Å². The van der Waals surface area contributed by atoms with Crippen LogP contribution >= 0.6 is 0 Å². The van der Waals surface area contributed by atoms with Crippen molar-refractivity contribution in [3.63, 3.8) is 0 Å². The van der Waals surface area contributed by atoms with Gasteiger partial charge in [-0.25, -0.2) is 0 Å². The first-order valence-corrected chi connectivity index (χ1v) is 9.15. The van der Waals surface area contributed by atoms with Crippen LogP contribution in [0.3, 0.4) is 0 Å². The second-order valence-electron chi connectivity index (χ2n) is 7.09. The highest BCUT2D eigenvalue weighted by atomic mass is 16.1. The lowest BCUT2D eigenvalue weighted by Gasteiger charge is -2.33. The topological polar surface area (TPSA) is 36.8 Å². The van der Waals surface area contributed by atoms with Gasteiger partial charge < -0.3 is 15.1 Å². The predicted molar refractivity (Wildman–Crippen MR) is 103 cm³/mol. The fourth-order valence-corrected chi connectivity index (χ4v) is 3.18. The van der Waals surface area contributed by atoms with E-state index in [-0.39, 0.29) is 11.8 Å². The van der Waals surface area contributed by atoms with Crippen LogP contribution in [0.5, 0.6) is 0 Å². The molecule has 0 bridgehead atoms. The highest BCUT2D eigenvalue weighted by Gasteiger charge is 2.20. The second kappa shape index (κ2) is 8.17. The number of quaternary nitrogens is 1. The lowest BCUT2D eigenvalue weighted by molar-refractivity contribution is -0.914. The van der Waals surface area contributed by atoms with Crippen molar-refractivity contribution >= 4 is 17.3 Å². The van der Waals surface area contributed by atoms with E-state index in [4.69, 9.17) is 0 Å². The quantitative estimate of drug-likeness (QED) is 0.877. The van der Waals surface area contributed by atoms with E-state index in [1.807, 2.05) is 26.0 Å². The number of piperazine rings is 1. The lowest BCUT2D eigenvalue weighted by atomic mass is 10.1. The van der Waals surface area contributed by atoms with Crippen molar-refractivity contribution in [2.24, 2.45) is 5.92 Å². The zero-order valence-corrected chi connectivity index (χ0v) is 15.2. The summed E-state index contributed by atoms with van der Waals surface area (Å²) >= 11 is 0. The van der Waals surface area contributed by atoms with E-state index in [1.54, 1.807) is 4.90 Å². The summed E-state index contributed by atoms with van der Waals surface area (Å²) in [5, 5.41) is 2.94. The van der Waals surface area contributed by atoms with Gasteiger partial charge in [0, 0.05) is 22.9 Å². The monoisotopic (exact) mass is 338 g/mol. The van der Waals surface area contributed by atoms with E-state index in [9.17, 15) is 4.79 Å². The smallest absolute Gasteiger partial charge is 0.226 e. The number of rotatable bonds is 5. The van der Waals surface area contributed by atoms with Gasteiger partial charge in [0.15, 0.2) is 0 Å². The van der Waals surface area contributed by atoms with Crippen LogP contribution in [0.25, 0.3) is 0 Å². The number of hydrogen-bond donors (Lipinski definition) is 2. The Balaban J connectivity index is 1.51. The summed E-state index contributed by atoms with van der Waals surface area (Å²) in [6.07, 6.45) is 0. The third-order valence-electron chi connectivity index (χ3n) is 4.79. The molecule has 0 aliphatic carbocycles. The summed E-state index contributed by atoms with van der Waals surface area (Å²) in [5.74, 6) is 0.0613. The Morgan fingerprint density at radius 3 is 2.28 bits per heavy atom. The van der Waals surface area contributed by atoms with Gasteiger partial charge in [0.25, 0.3) is 0 Å². The molecule has 4 nitrogen and oxygen atoms in total. The summed E-state index contributed by atoms with van der Waals surface area (Å²) in [6.45, 7) is 9.36. The molecule has 2 aromatic rings. The molecule has 1 heterocycles. The number of anilines is 2. The Morgan fingerprint density at radius 2 is 1.68 bits per heavy atom. The molecule has 0 aromatic heterocycles. The van der Waals surface area contributed by atoms with Gasteiger partial charge in [-0.2, -0.15) is 0 Å². The summed E-state index contributed by atoms with van der Waals surface area (Å²) in [4.78, 5) is 15.8. The molecule has 0 radical (unpaired) electrons. The van der Waals surface area contributed by atoms with Crippen LogP contribution in [-0.4, -0.2) is 32.1 Å². The van der Waals surface area contributed by atoms with Crippen LogP contribution in [0, 0.1) is 5.92 Å². The molecule has 3 rings (SSSR count). The van der Waals surface area contributed by atoms with E-state index in [2.05, 4.69) is 52.7 Å². The number of nitrogens with one attached hydrogen (secondary N) is 2. The maximum absolute atomic E-state index is 11.8. The third kappa shape index (κ3) is 4.83. The molecule has 1 aliphatic heterocycles. The first kappa shape index (κ1) is 17.5. The van der Waals surface area contributed by atoms with E-state index < -0.39 is 0 Å². The van der Waals surface area contributed by atoms with Crippen LogP contribution in [0.1, 0.15) is 19.4 Å². The first-order chi connectivity index (χ1) is 12.1. The Hall–Kier alpha value is -2.33. The number of carbonyl (C=O) groups excluding carboxylic acids is 1. The molecule has 4 heteroatoms. The number of amides is 1. The van der Waals surface area contributed by atoms with E-state index >= 15 is 0 Å². The number of hydrogen-bond acceptors (Lipinski definition) is 2. The zero-order chi connectivity index (χ0) is 17.6. The molecule has 25 heavy (non-hydrogen) atoms. The van der Waals surface area contributed by atoms with Gasteiger partial charge in [0.05, 0.1) is 26.2 Å². The van der Waals surface area contributed by atoms with Crippen molar-refractivity contribution in [1.29, 1.82) is 0 Å². The van der Waals surface area contributed by atoms with Crippen LogP contribution < -0.4 is 15.1 Å². The molecule has 0 spiro atoms. The molecule has 2 aromatic carbocycles. The summed E-state index contributed by atoms with van der Waals surface area (Å²) in [6, 6.07) is 18.9. The van der Waals surface area contributed by atoms with Crippen molar-refractivity contribution in [1.82, 2.24) is 0 Å². The molecule has 0 unspecified atom stereocenters.